The quantitative estimate of drug-likeness (QED) is 0.280. The second kappa shape index (κ2) is 7.97. The first-order valence-electron chi connectivity index (χ1n) is 9.81. The van der Waals surface area contributed by atoms with Crippen LogP contribution in [0.15, 0.2) is 48.5 Å². The molecule has 1 aliphatic heterocycles. The Bertz CT molecular complexity index is 1180. The molecule has 2 aromatic carbocycles. The highest BCUT2D eigenvalue weighted by Crippen LogP contribution is 2.37. The Kier molecular flexibility index (Phi) is 5.62. The molecule has 0 atom stereocenters. The molecule has 4 rings (SSSR count). The van der Waals surface area contributed by atoms with Crippen LogP contribution in [-0.4, -0.2) is 28.3 Å². The van der Waals surface area contributed by atoms with Gasteiger partial charge in [-0.3, -0.25) is 0 Å². The lowest BCUT2D eigenvalue weighted by Gasteiger charge is -2.32. The van der Waals surface area contributed by atoms with Crippen molar-refractivity contribution in [3.63, 3.8) is 0 Å². The average Bonchev–Trinajstić information content (AvgIpc) is 2.95. The predicted octanol–water partition coefficient (Wildman–Crippen LogP) is 4.73. The first kappa shape index (κ1) is 21.9. The third kappa shape index (κ3) is 4.10. The molecule has 2 heterocycles. The highest BCUT2D eigenvalue weighted by atomic mass is 127. The van der Waals surface area contributed by atoms with Gasteiger partial charge in [0.15, 0.2) is 5.82 Å². The molecule has 1 fully saturated rings. The number of halogens is 2. The molecule has 31 heavy (non-hydrogen) atoms. The molecule has 156 valence electrons. The van der Waals surface area contributed by atoms with Gasteiger partial charge in [0, 0.05) is 16.6 Å². The summed E-state index contributed by atoms with van der Waals surface area (Å²) in [5.74, 6) is -0.0348. The van der Waals surface area contributed by atoms with Gasteiger partial charge in [0.25, 0.3) is 0 Å². The van der Waals surface area contributed by atoms with Gasteiger partial charge in [0.1, 0.15) is 9.52 Å². The van der Waals surface area contributed by atoms with Gasteiger partial charge >= 0.3 is 7.12 Å². The van der Waals surface area contributed by atoms with Gasteiger partial charge in [0.2, 0.25) is 0 Å². The third-order valence-electron chi connectivity index (χ3n) is 5.74. The molecule has 0 aliphatic carbocycles. The Hall–Kier alpha value is -2.35. The average molecular weight is 527 g/mol. The van der Waals surface area contributed by atoms with Crippen molar-refractivity contribution in [1.29, 1.82) is 5.26 Å². The van der Waals surface area contributed by atoms with E-state index < -0.39 is 24.1 Å². The summed E-state index contributed by atoms with van der Waals surface area (Å²) in [6, 6.07) is 16.3. The van der Waals surface area contributed by atoms with Crippen LogP contribution in [0.25, 0.3) is 22.6 Å². The number of hydrogen-bond acceptors (Lipinski definition) is 5. The zero-order valence-corrected chi connectivity index (χ0v) is 19.8. The molecule has 1 aromatic heterocycles. The highest BCUT2D eigenvalue weighted by molar-refractivity contribution is 14.1. The van der Waals surface area contributed by atoms with Gasteiger partial charge in [-0.1, -0.05) is 30.3 Å². The van der Waals surface area contributed by atoms with E-state index in [-0.39, 0.29) is 11.0 Å². The molecule has 5 nitrogen and oxygen atoms in total. The van der Waals surface area contributed by atoms with Crippen LogP contribution in [0.3, 0.4) is 0 Å². The van der Waals surface area contributed by atoms with E-state index in [1.807, 2.05) is 58.0 Å². The van der Waals surface area contributed by atoms with Gasteiger partial charge < -0.3 is 9.31 Å². The van der Waals surface area contributed by atoms with Gasteiger partial charge in [-0.25, -0.2) is 14.4 Å². The molecule has 1 aliphatic rings. The molecule has 0 N–H and O–H groups in total. The maximum atomic E-state index is 15.8. The summed E-state index contributed by atoms with van der Waals surface area (Å²) >= 11 is 2.08. The summed E-state index contributed by atoms with van der Waals surface area (Å²) in [6.07, 6.45) is 0. The fourth-order valence-corrected chi connectivity index (χ4v) is 3.83. The minimum atomic E-state index is -0.924. The number of rotatable bonds is 3. The van der Waals surface area contributed by atoms with Crippen molar-refractivity contribution in [1.82, 2.24) is 9.97 Å². The summed E-state index contributed by atoms with van der Waals surface area (Å²) in [4.78, 5) is 9.07. The largest absolute Gasteiger partial charge is 0.497 e. The van der Waals surface area contributed by atoms with Crippen molar-refractivity contribution >= 4 is 35.2 Å². The lowest BCUT2D eigenvalue weighted by molar-refractivity contribution is 0.00578. The summed E-state index contributed by atoms with van der Waals surface area (Å²) in [7, 11) is -0.924. The van der Waals surface area contributed by atoms with Crippen LogP contribution in [0.2, 0.25) is 0 Å². The van der Waals surface area contributed by atoms with Crippen LogP contribution in [0.1, 0.15) is 33.3 Å². The van der Waals surface area contributed by atoms with Gasteiger partial charge in [-0.05, 0) is 68.5 Å². The molecule has 3 aromatic rings. The van der Waals surface area contributed by atoms with Crippen LogP contribution in [0, 0.1) is 20.8 Å². The Balaban J connectivity index is 1.85. The van der Waals surface area contributed by atoms with E-state index in [2.05, 4.69) is 38.6 Å². The lowest BCUT2D eigenvalue weighted by atomic mass is 9.76. The molecule has 0 unspecified atom stereocenters. The van der Waals surface area contributed by atoms with Crippen molar-refractivity contribution in [2.45, 2.75) is 38.9 Å². The summed E-state index contributed by atoms with van der Waals surface area (Å²) in [6.45, 7) is 7.61. The Morgan fingerprint density at radius 1 is 1.00 bits per heavy atom. The van der Waals surface area contributed by atoms with E-state index in [0.29, 0.717) is 20.8 Å². The third-order valence-corrected chi connectivity index (χ3v) is 6.29. The molecule has 0 bridgehead atoms. The second-order valence-corrected chi connectivity index (χ2v) is 9.50. The molecule has 1 saturated heterocycles. The number of nitrogens with zero attached hydrogens (tertiary/aromatic N) is 3. The first-order chi connectivity index (χ1) is 14.6. The molecular weight excluding hydrogens is 507 g/mol. The fraction of sp³-hybridized carbons (Fsp3) is 0.261. The van der Waals surface area contributed by atoms with Gasteiger partial charge in [-0.2, -0.15) is 5.26 Å². The molecule has 0 spiro atoms. The van der Waals surface area contributed by atoms with Gasteiger partial charge in [-0.15, -0.1) is 0 Å². The minimum Gasteiger partial charge on any atom is -0.399 e. The standard InChI is InChI=1S/C23H20BFIN3O2/c1-22(2)23(3,4)31-24(30-22)17-11-14(13-27)10-16(20(17)25)18-12-19(26)29-21(28-18)15-8-6-5-7-9-15/h5-12H,1-4H3. The SMILES string of the molecule is CC1(C)OB(c2cc(C#N)cc(-c3cc(I)nc(-c4ccccc4)n3)c2F)OC1(C)C. The Morgan fingerprint density at radius 3 is 2.26 bits per heavy atom. The Labute approximate surface area is 194 Å². The molecule has 0 amide bonds. The van der Waals surface area contributed by atoms with Crippen molar-refractivity contribution in [3.8, 4) is 28.7 Å². The van der Waals surface area contributed by atoms with E-state index in [9.17, 15) is 5.26 Å². The maximum absolute atomic E-state index is 15.8. The van der Waals surface area contributed by atoms with E-state index in [0.717, 1.165) is 5.56 Å². The normalized spacial score (nSPS) is 16.9. The van der Waals surface area contributed by atoms with E-state index in [1.54, 1.807) is 6.07 Å². The van der Waals surface area contributed by atoms with Crippen molar-refractivity contribution < 1.29 is 13.7 Å². The Morgan fingerprint density at radius 2 is 1.65 bits per heavy atom. The summed E-state index contributed by atoms with van der Waals surface area (Å²) in [5, 5.41) is 9.57. The number of benzene rings is 2. The smallest absolute Gasteiger partial charge is 0.399 e. The monoisotopic (exact) mass is 527 g/mol. The van der Waals surface area contributed by atoms with Crippen LogP contribution >= 0.6 is 22.6 Å². The number of nitriles is 1. The lowest BCUT2D eigenvalue weighted by Crippen LogP contribution is -2.41. The number of hydrogen-bond donors (Lipinski definition) is 0. The maximum Gasteiger partial charge on any atom is 0.497 e. The van der Waals surface area contributed by atoms with Crippen molar-refractivity contribution in [3.05, 3.63) is 63.6 Å². The van der Waals surface area contributed by atoms with E-state index >= 15 is 4.39 Å². The van der Waals surface area contributed by atoms with Crippen LogP contribution in [0.5, 0.6) is 0 Å². The minimum absolute atomic E-state index is 0.183. The highest BCUT2D eigenvalue weighted by Gasteiger charge is 2.52. The van der Waals surface area contributed by atoms with Crippen LogP contribution < -0.4 is 5.46 Å². The molecule has 8 heteroatoms. The van der Waals surface area contributed by atoms with Crippen LogP contribution in [0.4, 0.5) is 4.39 Å². The molecular formula is C23H20BFIN3O2. The summed E-state index contributed by atoms with van der Waals surface area (Å²) < 4.78 is 28.5. The van der Waals surface area contributed by atoms with E-state index in [1.165, 1.54) is 12.1 Å². The second-order valence-electron chi connectivity index (χ2n) is 8.39. The molecule has 0 radical (unpaired) electrons. The number of aromatic nitrogens is 2. The van der Waals surface area contributed by atoms with Crippen molar-refractivity contribution in [2.24, 2.45) is 0 Å². The van der Waals surface area contributed by atoms with E-state index in [4.69, 9.17) is 9.31 Å². The summed E-state index contributed by atoms with van der Waals surface area (Å²) in [5.41, 5.74) is 0.658. The molecule has 0 saturated carbocycles. The first-order valence-corrected chi connectivity index (χ1v) is 10.9. The zero-order valence-electron chi connectivity index (χ0n) is 17.6. The van der Waals surface area contributed by atoms with Crippen LogP contribution in [-0.2, 0) is 9.31 Å². The van der Waals surface area contributed by atoms with Gasteiger partial charge in [0.05, 0.1) is 28.5 Å². The topological polar surface area (TPSA) is 68.0 Å². The fourth-order valence-electron chi connectivity index (χ4n) is 3.31. The van der Waals surface area contributed by atoms with Crippen molar-refractivity contribution in [2.75, 3.05) is 0 Å². The zero-order chi connectivity index (χ0) is 22.4. The predicted molar refractivity (Wildman–Crippen MR) is 126 cm³/mol.